The highest BCUT2D eigenvalue weighted by atomic mass is 15.1. The second-order valence-electron chi connectivity index (χ2n) is 4.59. The molecule has 2 nitrogen and oxygen atoms in total. The van der Waals surface area contributed by atoms with E-state index in [9.17, 15) is 0 Å². The Morgan fingerprint density at radius 2 is 2.17 bits per heavy atom. The molecule has 0 atom stereocenters. The van der Waals surface area contributed by atoms with Crippen LogP contribution in [0.3, 0.4) is 0 Å². The van der Waals surface area contributed by atoms with E-state index in [-0.39, 0.29) is 5.41 Å². The smallest absolute Gasteiger partial charge is 0.109 e. The molecule has 0 unspecified atom stereocenters. The Morgan fingerprint density at radius 3 is 2.75 bits per heavy atom. The molecule has 0 spiro atoms. The predicted molar refractivity (Wildman–Crippen MR) is 49.2 cm³/mol. The van der Waals surface area contributed by atoms with Crippen molar-refractivity contribution in [2.75, 3.05) is 0 Å². The van der Waals surface area contributed by atoms with Crippen LogP contribution in [-0.2, 0) is 18.4 Å². The van der Waals surface area contributed by atoms with Crippen molar-refractivity contribution in [2.24, 2.45) is 0 Å². The van der Waals surface area contributed by atoms with E-state index in [2.05, 4.69) is 36.5 Å². The molecule has 0 amide bonds. The summed E-state index contributed by atoms with van der Waals surface area (Å²) in [5, 5.41) is 0. The summed E-state index contributed by atoms with van der Waals surface area (Å²) in [6.07, 6.45) is 4.64. The van der Waals surface area contributed by atoms with E-state index >= 15 is 0 Å². The van der Waals surface area contributed by atoms with E-state index < -0.39 is 0 Å². The molecule has 2 heteroatoms. The molecule has 12 heavy (non-hydrogen) atoms. The second-order valence-corrected chi connectivity index (χ2v) is 4.59. The second kappa shape index (κ2) is 2.35. The molecule has 0 aliphatic carbocycles. The van der Waals surface area contributed by atoms with Gasteiger partial charge in [-0.05, 0) is 6.42 Å². The van der Waals surface area contributed by atoms with Crippen LogP contribution >= 0.6 is 0 Å². The molecule has 0 bridgehead atoms. The van der Waals surface area contributed by atoms with Crippen LogP contribution in [0.4, 0.5) is 0 Å². The van der Waals surface area contributed by atoms with Gasteiger partial charge in [0.15, 0.2) is 0 Å². The molecule has 1 aliphatic heterocycles. The maximum atomic E-state index is 4.62. The maximum absolute atomic E-state index is 4.62. The van der Waals surface area contributed by atoms with E-state index in [1.54, 1.807) is 0 Å². The molecular weight excluding hydrogens is 148 g/mol. The minimum Gasteiger partial charge on any atom is -0.335 e. The van der Waals surface area contributed by atoms with Gasteiger partial charge in [0.25, 0.3) is 0 Å². The molecule has 2 heterocycles. The molecule has 0 saturated heterocycles. The van der Waals surface area contributed by atoms with Crippen LogP contribution in [0.1, 0.15) is 38.7 Å². The molecule has 1 aliphatic rings. The van der Waals surface area contributed by atoms with E-state index in [4.69, 9.17) is 0 Å². The summed E-state index contributed by atoms with van der Waals surface area (Å²) in [5.41, 5.74) is 1.44. The van der Waals surface area contributed by atoms with Crippen LogP contribution in [0.2, 0.25) is 0 Å². The van der Waals surface area contributed by atoms with Crippen molar-refractivity contribution >= 4 is 0 Å². The van der Waals surface area contributed by atoms with E-state index in [1.807, 2.05) is 0 Å². The Balaban J connectivity index is 2.38. The zero-order chi connectivity index (χ0) is 8.77. The van der Waals surface area contributed by atoms with Crippen molar-refractivity contribution in [3.8, 4) is 0 Å². The fourth-order valence-electron chi connectivity index (χ4n) is 1.62. The number of rotatable bonds is 0. The quantitative estimate of drug-likeness (QED) is 0.574. The van der Waals surface area contributed by atoms with Crippen molar-refractivity contribution in [1.29, 1.82) is 0 Å². The van der Waals surface area contributed by atoms with Gasteiger partial charge in [0.2, 0.25) is 0 Å². The largest absolute Gasteiger partial charge is 0.335 e. The van der Waals surface area contributed by atoms with Crippen molar-refractivity contribution < 1.29 is 0 Å². The van der Waals surface area contributed by atoms with Crippen molar-refractivity contribution in [3.63, 3.8) is 0 Å². The molecule has 0 saturated carbocycles. The van der Waals surface area contributed by atoms with Crippen LogP contribution in [0.25, 0.3) is 0 Å². The average molecular weight is 164 g/mol. The minimum atomic E-state index is 0.206. The molecule has 1 aromatic rings. The van der Waals surface area contributed by atoms with Gasteiger partial charge in [0, 0.05) is 24.6 Å². The third-order valence-electron chi connectivity index (χ3n) is 2.43. The maximum Gasteiger partial charge on any atom is 0.109 e. The zero-order valence-corrected chi connectivity index (χ0v) is 8.09. The van der Waals surface area contributed by atoms with Gasteiger partial charge < -0.3 is 4.57 Å². The van der Waals surface area contributed by atoms with Gasteiger partial charge in [-0.2, -0.15) is 0 Å². The number of aromatic nitrogens is 2. The lowest BCUT2D eigenvalue weighted by molar-refractivity contribution is 0.567. The average Bonchev–Trinajstić information content (AvgIpc) is 2.37. The third-order valence-corrected chi connectivity index (χ3v) is 2.43. The number of aryl methyl sites for hydroxylation is 2. The minimum absolute atomic E-state index is 0.206. The molecule has 66 valence electrons. The highest BCUT2D eigenvalue weighted by Crippen LogP contribution is 2.24. The number of fused-ring (bicyclic) bond motifs is 1. The van der Waals surface area contributed by atoms with Gasteiger partial charge in [-0.25, -0.2) is 4.98 Å². The molecule has 0 N–H and O–H groups in total. The lowest BCUT2D eigenvalue weighted by Gasteiger charge is -2.14. The van der Waals surface area contributed by atoms with E-state index in [1.165, 1.54) is 24.5 Å². The Kier molecular flexibility index (Phi) is 1.53. The summed E-state index contributed by atoms with van der Waals surface area (Å²) in [7, 11) is 0. The van der Waals surface area contributed by atoms with Crippen molar-refractivity contribution in [3.05, 3.63) is 17.7 Å². The lowest BCUT2D eigenvalue weighted by Crippen LogP contribution is -2.11. The third kappa shape index (κ3) is 1.15. The SMILES string of the molecule is CC(C)(C)c1cn2c(n1)CCC2. The van der Waals surface area contributed by atoms with E-state index in [0.717, 1.165) is 6.42 Å². The Morgan fingerprint density at radius 1 is 1.42 bits per heavy atom. The first kappa shape index (κ1) is 7.84. The van der Waals surface area contributed by atoms with Gasteiger partial charge in [0.1, 0.15) is 5.82 Å². The Labute approximate surface area is 73.6 Å². The number of hydrogen-bond acceptors (Lipinski definition) is 1. The first-order valence-corrected chi connectivity index (χ1v) is 4.64. The lowest BCUT2D eigenvalue weighted by atomic mass is 9.93. The molecule has 0 fully saturated rings. The monoisotopic (exact) mass is 164 g/mol. The zero-order valence-electron chi connectivity index (χ0n) is 8.09. The molecular formula is C10H16N2. The predicted octanol–water partition coefficient (Wildman–Crippen LogP) is 2.13. The van der Waals surface area contributed by atoms with Crippen LogP contribution in [0.15, 0.2) is 6.20 Å². The van der Waals surface area contributed by atoms with Crippen LogP contribution in [-0.4, -0.2) is 9.55 Å². The highest BCUT2D eigenvalue weighted by Gasteiger charge is 2.21. The summed E-state index contributed by atoms with van der Waals surface area (Å²) in [4.78, 5) is 4.62. The van der Waals surface area contributed by atoms with Gasteiger partial charge in [0.05, 0.1) is 5.69 Å². The summed E-state index contributed by atoms with van der Waals surface area (Å²) < 4.78 is 2.29. The van der Waals surface area contributed by atoms with Gasteiger partial charge >= 0.3 is 0 Å². The first-order chi connectivity index (χ1) is 5.57. The van der Waals surface area contributed by atoms with Gasteiger partial charge in [-0.15, -0.1) is 0 Å². The molecule has 1 aromatic heterocycles. The normalized spacial score (nSPS) is 16.6. The van der Waals surface area contributed by atoms with Crippen LogP contribution in [0, 0.1) is 0 Å². The van der Waals surface area contributed by atoms with Crippen molar-refractivity contribution in [2.45, 2.75) is 45.6 Å². The standard InChI is InChI=1S/C10H16N2/c1-10(2,3)8-7-12-6-4-5-9(12)11-8/h7H,4-6H2,1-3H3. The van der Waals surface area contributed by atoms with Crippen LogP contribution in [0.5, 0.6) is 0 Å². The van der Waals surface area contributed by atoms with Gasteiger partial charge in [-0.3, -0.25) is 0 Å². The Hall–Kier alpha value is -0.790. The number of nitrogens with zero attached hydrogens (tertiary/aromatic N) is 2. The topological polar surface area (TPSA) is 17.8 Å². The summed E-state index contributed by atoms with van der Waals surface area (Å²) in [5.74, 6) is 1.28. The Bertz CT molecular complexity index is 270. The number of hydrogen-bond donors (Lipinski definition) is 0. The van der Waals surface area contributed by atoms with Gasteiger partial charge in [-0.1, -0.05) is 20.8 Å². The fraction of sp³-hybridized carbons (Fsp3) is 0.700. The fourth-order valence-corrected chi connectivity index (χ4v) is 1.62. The highest BCUT2D eigenvalue weighted by molar-refractivity contribution is 5.14. The van der Waals surface area contributed by atoms with Crippen LogP contribution < -0.4 is 0 Å². The van der Waals surface area contributed by atoms with Crippen molar-refractivity contribution in [1.82, 2.24) is 9.55 Å². The first-order valence-electron chi connectivity index (χ1n) is 4.64. The van der Waals surface area contributed by atoms with E-state index in [0.29, 0.717) is 0 Å². The molecule has 2 rings (SSSR count). The molecule has 0 aromatic carbocycles. The number of imidazole rings is 1. The summed E-state index contributed by atoms with van der Waals surface area (Å²) in [6.45, 7) is 7.81. The summed E-state index contributed by atoms with van der Waals surface area (Å²) in [6, 6.07) is 0. The summed E-state index contributed by atoms with van der Waals surface area (Å²) >= 11 is 0. The molecule has 0 radical (unpaired) electrons.